The molecule has 200 valence electrons. The highest BCUT2D eigenvalue weighted by Gasteiger charge is 2.56. The Morgan fingerprint density at radius 2 is 1.16 bits per heavy atom. The van der Waals surface area contributed by atoms with Gasteiger partial charge >= 0.3 is 23.9 Å². The van der Waals surface area contributed by atoms with Crippen LogP contribution < -0.4 is 0 Å². The van der Waals surface area contributed by atoms with Gasteiger partial charge in [0, 0.05) is 5.92 Å². The van der Waals surface area contributed by atoms with Gasteiger partial charge in [-0.1, -0.05) is 31.2 Å². The number of carbonyl (C=O) groups is 4. The Hall–Kier alpha value is -3.82. The lowest BCUT2D eigenvalue weighted by molar-refractivity contribution is -0.153. The van der Waals surface area contributed by atoms with Gasteiger partial charge in [0.2, 0.25) is 0 Å². The van der Waals surface area contributed by atoms with Gasteiger partial charge in [0.25, 0.3) is 0 Å². The van der Waals surface area contributed by atoms with Gasteiger partial charge < -0.3 is 29.2 Å². The van der Waals surface area contributed by atoms with Gasteiger partial charge in [0.15, 0.2) is 0 Å². The second-order valence-corrected chi connectivity index (χ2v) is 8.50. The Kier molecular flexibility index (Phi) is 8.96. The molecule has 10 nitrogen and oxygen atoms in total. The number of rotatable bonds is 9. The molecule has 4 atom stereocenters. The van der Waals surface area contributed by atoms with E-state index in [9.17, 15) is 29.4 Å². The Bertz CT molecular complexity index is 1130. The Labute approximate surface area is 214 Å². The molecular weight excluding hydrogens is 484 g/mol. The summed E-state index contributed by atoms with van der Waals surface area (Å²) in [6.45, 7) is 6.34. The third kappa shape index (κ3) is 5.05. The van der Waals surface area contributed by atoms with E-state index in [4.69, 9.17) is 18.9 Å². The number of aliphatic hydroxyl groups excluding tert-OH is 2. The molecule has 0 aliphatic heterocycles. The quantitative estimate of drug-likeness (QED) is 0.370. The van der Waals surface area contributed by atoms with Crippen LogP contribution in [0.1, 0.15) is 57.1 Å². The molecule has 0 saturated heterocycles. The molecule has 2 N–H and O–H groups in total. The largest absolute Gasteiger partial charge is 0.511 e. The maximum absolute atomic E-state index is 13.4. The maximum atomic E-state index is 13.4. The van der Waals surface area contributed by atoms with E-state index in [2.05, 4.69) is 0 Å². The van der Waals surface area contributed by atoms with E-state index < -0.39 is 70.2 Å². The number of carbonyl (C=O) groups excluding carboxylic acids is 4. The van der Waals surface area contributed by atoms with Crippen molar-refractivity contribution in [2.24, 2.45) is 11.8 Å². The summed E-state index contributed by atoms with van der Waals surface area (Å²) in [7, 11) is 0. The smallest absolute Gasteiger partial charge is 0.338 e. The Balaban J connectivity index is 2.48. The van der Waals surface area contributed by atoms with Crippen LogP contribution >= 0.6 is 0 Å². The van der Waals surface area contributed by atoms with Crippen molar-refractivity contribution in [1.82, 2.24) is 0 Å². The third-order valence-corrected chi connectivity index (χ3v) is 6.34. The summed E-state index contributed by atoms with van der Waals surface area (Å²) < 4.78 is 21.0. The highest BCUT2D eigenvalue weighted by atomic mass is 16.5. The average molecular weight is 517 g/mol. The van der Waals surface area contributed by atoms with Crippen molar-refractivity contribution >= 4 is 23.9 Å². The van der Waals surface area contributed by atoms with E-state index in [0.717, 1.165) is 0 Å². The molecule has 0 radical (unpaired) electrons. The van der Waals surface area contributed by atoms with E-state index in [-0.39, 0.29) is 26.4 Å². The number of benzene rings is 1. The zero-order valence-corrected chi connectivity index (χ0v) is 21.3. The molecule has 0 aromatic heterocycles. The van der Waals surface area contributed by atoms with Crippen LogP contribution in [-0.2, 0) is 38.1 Å². The maximum Gasteiger partial charge on any atom is 0.338 e. The molecular formula is C27H32O10. The first-order chi connectivity index (χ1) is 17.7. The van der Waals surface area contributed by atoms with Crippen LogP contribution in [0.15, 0.2) is 46.9 Å². The third-order valence-electron chi connectivity index (χ3n) is 6.34. The van der Waals surface area contributed by atoms with E-state index in [1.165, 1.54) is 0 Å². The summed E-state index contributed by atoms with van der Waals surface area (Å²) in [5.41, 5.74) is -0.125. The molecule has 1 aromatic carbocycles. The standard InChI is InChI=1S/C27H32O10/c1-5-13-37-27(33)21-17-15-12-10-9-11-14(15)16(19(23(21)29)25(31)35-7-3)18(24(30)34-6-2)22(28)20(17)26(32)36-8-4/h9-12,16-19,28-29H,5-8,13H2,1-4H3. The molecule has 2 bridgehead atoms. The fraction of sp³-hybridized carbons (Fsp3) is 0.481. The van der Waals surface area contributed by atoms with Crippen LogP contribution in [0.2, 0.25) is 0 Å². The second kappa shape index (κ2) is 11.9. The molecule has 0 fully saturated rings. The summed E-state index contributed by atoms with van der Waals surface area (Å²) in [5, 5.41) is 23.1. The lowest BCUT2D eigenvalue weighted by Crippen LogP contribution is -2.38. The van der Waals surface area contributed by atoms with Gasteiger partial charge in [0.1, 0.15) is 23.4 Å². The van der Waals surface area contributed by atoms with Crippen molar-refractivity contribution in [2.45, 2.75) is 46.0 Å². The minimum absolute atomic E-state index is 0.00731. The van der Waals surface area contributed by atoms with Crippen LogP contribution in [0.5, 0.6) is 0 Å². The highest BCUT2D eigenvalue weighted by Crippen LogP contribution is 2.54. The number of hydrogen-bond acceptors (Lipinski definition) is 10. The van der Waals surface area contributed by atoms with Crippen molar-refractivity contribution in [3.8, 4) is 0 Å². The van der Waals surface area contributed by atoms with Gasteiger partial charge in [-0.3, -0.25) is 9.59 Å². The second-order valence-electron chi connectivity index (χ2n) is 8.50. The van der Waals surface area contributed by atoms with Crippen LogP contribution in [0.4, 0.5) is 0 Å². The van der Waals surface area contributed by atoms with E-state index in [0.29, 0.717) is 17.5 Å². The molecule has 0 spiro atoms. The Morgan fingerprint density at radius 3 is 1.62 bits per heavy atom. The first-order valence-electron chi connectivity index (χ1n) is 12.4. The normalized spacial score (nSPS) is 22.5. The number of ether oxygens (including phenoxy) is 4. The molecule has 0 saturated carbocycles. The summed E-state index contributed by atoms with van der Waals surface area (Å²) >= 11 is 0. The summed E-state index contributed by atoms with van der Waals surface area (Å²) in [4.78, 5) is 53.2. The summed E-state index contributed by atoms with van der Waals surface area (Å²) in [6.07, 6.45) is 0.474. The molecule has 37 heavy (non-hydrogen) atoms. The molecule has 0 heterocycles. The number of esters is 4. The van der Waals surface area contributed by atoms with Crippen molar-refractivity contribution < 1.29 is 48.3 Å². The molecule has 10 heteroatoms. The van der Waals surface area contributed by atoms with E-state index in [1.54, 1.807) is 52.0 Å². The van der Waals surface area contributed by atoms with Crippen molar-refractivity contribution in [1.29, 1.82) is 0 Å². The highest BCUT2D eigenvalue weighted by molar-refractivity contribution is 6.01. The van der Waals surface area contributed by atoms with Crippen molar-refractivity contribution in [2.75, 3.05) is 26.4 Å². The minimum Gasteiger partial charge on any atom is -0.511 e. The summed E-state index contributed by atoms with van der Waals surface area (Å²) in [5.74, 6) is -11.0. The van der Waals surface area contributed by atoms with Crippen LogP contribution in [0.25, 0.3) is 0 Å². The molecule has 0 amide bonds. The van der Waals surface area contributed by atoms with Crippen LogP contribution in [0, 0.1) is 11.8 Å². The lowest BCUT2D eigenvalue weighted by atomic mass is 9.74. The van der Waals surface area contributed by atoms with Crippen molar-refractivity contribution in [3.05, 3.63) is 58.1 Å². The first kappa shape index (κ1) is 27.8. The fourth-order valence-electron chi connectivity index (χ4n) is 4.96. The zero-order chi connectivity index (χ0) is 27.3. The average Bonchev–Trinajstić information content (AvgIpc) is 3.03. The molecule has 1 aromatic rings. The van der Waals surface area contributed by atoms with Gasteiger partial charge in [-0.25, -0.2) is 9.59 Å². The van der Waals surface area contributed by atoms with E-state index in [1.807, 2.05) is 0 Å². The Morgan fingerprint density at radius 1 is 0.703 bits per heavy atom. The monoisotopic (exact) mass is 516 g/mol. The van der Waals surface area contributed by atoms with Gasteiger partial charge in [-0.15, -0.1) is 0 Å². The van der Waals surface area contributed by atoms with Gasteiger partial charge in [-0.05, 0) is 38.3 Å². The minimum atomic E-state index is -1.57. The molecule has 3 rings (SSSR count). The van der Waals surface area contributed by atoms with E-state index >= 15 is 0 Å². The molecule has 4 unspecified atom stereocenters. The van der Waals surface area contributed by atoms with Crippen LogP contribution in [0.3, 0.4) is 0 Å². The predicted octanol–water partition coefficient (Wildman–Crippen LogP) is 3.38. The van der Waals surface area contributed by atoms with Crippen LogP contribution in [-0.4, -0.2) is 60.5 Å². The topological polar surface area (TPSA) is 146 Å². The van der Waals surface area contributed by atoms with Gasteiger partial charge in [0.05, 0.1) is 43.5 Å². The lowest BCUT2D eigenvalue weighted by Gasteiger charge is -2.32. The van der Waals surface area contributed by atoms with Crippen molar-refractivity contribution in [3.63, 3.8) is 0 Å². The number of aliphatic hydroxyl groups is 2. The SMILES string of the molecule is CCCOC(=O)C1=C(O)C(C(=O)OCC)C2c3ccccc3C1C(C(=O)OCC)=C(O)C2C(=O)OCC. The zero-order valence-electron chi connectivity index (χ0n) is 21.3. The molecule has 2 aliphatic rings. The number of hydrogen-bond donors (Lipinski definition) is 2. The predicted molar refractivity (Wildman–Crippen MR) is 129 cm³/mol. The first-order valence-corrected chi connectivity index (χ1v) is 12.4. The van der Waals surface area contributed by atoms with Gasteiger partial charge in [-0.2, -0.15) is 0 Å². The fourth-order valence-corrected chi connectivity index (χ4v) is 4.96. The molecule has 2 aliphatic carbocycles. The summed E-state index contributed by atoms with van der Waals surface area (Å²) in [6, 6.07) is 6.50.